The van der Waals surface area contributed by atoms with Crippen molar-refractivity contribution in [1.29, 1.82) is 0 Å². The molecule has 0 saturated carbocycles. The van der Waals surface area contributed by atoms with Gasteiger partial charge < -0.3 is 5.32 Å². The van der Waals surface area contributed by atoms with Gasteiger partial charge in [0.25, 0.3) is 0 Å². The van der Waals surface area contributed by atoms with Gasteiger partial charge in [-0.2, -0.15) is 0 Å². The van der Waals surface area contributed by atoms with Gasteiger partial charge in [0.15, 0.2) is 11.6 Å². The van der Waals surface area contributed by atoms with Crippen LogP contribution in [0.25, 0.3) is 0 Å². The Morgan fingerprint density at radius 1 is 0.913 bits per heavy atom. The number of hydrogen-bond donors (Lipinski definition) is 2. The molecule has 0 radical (unpaired) electrons. The first kappa shape index (κ1) is 17.5. The third-order valence-corrected chi connectivity index (χ3v) is 4.68. The van der Waals surface area contributed by atoms with Crippen molar-refractivity contribution < 1.29 is 17.2 Å². The lowest BCUT2D eigenvalue weighted by atomic mass is 10.2. The number of nitrogens with one attached hydrogen (secondary N) is 2. The van der Waals surface area contributed by atoms with Crippen LogP contribution >= 0.6 is 0 Å². The molecular formula is C16H18F2N2O2S. The standard InChI is InChI=1S/C16H18F2N2O2S/c1-2-19-10-12-3-6-14(7-4-12)23(21,22)20-11-13-5-8-15(17)16(18)9-13/h3-9,19-20H,2,10-11H2,1H3. The summed E-state index contributed by atoms with van der Waals surface area (Å²) < 4.78 is 52.7. The average Bonchev–Trinajstić information content (AvgIpc) is 2.54. The lowest BCUT2D eigenvalue weighted by molar-refractivity contribution is 0.506. The van der Waals surface area contributed by atoms with Crippen molar-refractivity contribution >= 4 is 10.0 Å². The first-order valence-electron chi connectivity index (χ1n) is 7.15. The lowest BCUT2D eigenvalue weighted by Gasteiger charge is -2.08. The van der Waals surface area contributed by atoms with E-state index in [0.717, 1.165) is 24.2 Å². The molecule has 0 amide bonds. The van der Waals surface area contributed by atoms with Gasteiger partial charge in [0.1, 0.15) is 0 Å². The van der Waals surface area contributed by atoms with Crippen LogP contribution in [0.3, 0.4) is 0 Å². The van der Waals surface area contributed by atoms with E-state index in [4.69, 9.17) is 0 Å². The summed E-state index contributed by atoms with van der Waals surface area (Å²) >= 11 is 0. The zero-order valence-electron chi connectivity index (χ0n) is 12.6. The second kappa shape index (κ2) is 7.63. The molecule has 0 atom stereocenters. The molecule has 0 heterocycles. The second-order valence-electron chi connectivity index (χ2n) is 5.00. The fourth-order valence-corrected chi connectivity index (χ4v) is 2.98. The van der Waals surface area contributed by atoms with Crippen LogP contribution in [0.15, 0.2) is 47.4 Å². The molecule has 0 bridgehead atoms. The van der Waals surface area contributed by atoms with Crippen LogP contribution in [0.5, 0.6) is 0 Å². The lowest BCUT2D eigenvalue weighted by Crippen LogP contribution is -2.23. The van der Waals surface area contributed by atoms with E-state index >= 15 is 0 Å². The van der Waals surface area contributed by atoms with Gasteiger partial charge in [-0.3, -0.25) is 0 Å². The van der Waals surface area contributed by atoms with Crippen LogP contribution in [-0.4, -0.2) is 15.0 Å². The minimum Gasteiger partial charge on any atom is -0.313 e. The third kappa shape index (κ3) is 4.82. The minimum atomic E-state index is -3.71. The molecule has 0 aliphatic heterocycles. The van der Waals surface area contributed by atoms with E-state index < -0.39 is 21.7 Å². The van der Waals surface area contributed by atoms with Gasteiger partial charge >= 0.3 is 0 Å². The Bertz CT molecular complexity index is 762. The molecule has 0 aliphatic rings. The molecule has 0 fully saturated rings. The second-order valence-corrected chi connectivity index (χ2v) is 6.76. The quantitative estimate of drug-likeness (QED) is 0.814. The predicted octanol–water partition coefficient (Wildman–Crippen LogP) is 2.55. The number of hydrogen-bond acceptors (Lipinski definition) is 3. The van der Waals surface area contributed by atoms with Crippen molar-refractivity contribution in [3.05, 3.63) is 65.2 Å². The van der Waals surface area contributed by atoms with E-state index in [1.165, 1.54) is 18.2 Å². The molecule has 7 heteroatoms. The van der Waals surface area contributed by atoms with Gasteiger partial charge in [-0.1, -0.05) is 25.1 Å². The summed E-state index contributed by atoms with van der Waals surface area (Å²) in [5.74, 6) is -1.97. The normalized spacial score (nSPS) is 11.6. The summed E-state index contributed by atoms with van der Waals surface area (Å²) in [5, 5.41) is 3.15. The van der Waals surface area contributed by atoms with E-state index in [-0.39, 0.29) is 11.4 Å². The molecule has 0 aliphatic carbocycles. The minimum absolute atomic E-state index is 0.112. The third-order valence-electron chi connectivity index (χ3n) is 3.26. The summed E-state index contributed by atoms with van der Waals surface area (Å²) in [5.41, 5.74) is 1.32. The van der Waals surface area contributed by atoms with E-state index in [2.05, 4.69) is 10.0 Å². The van der Waals surface area contributed by atoms with Gasteiger partial charge in [-0.05, 0) is 41.9 Å². The van der Waals surface area contributed by atoms with Crippen LogP contribution in [0.4, 0.5) is 8.78 Å². The molecular weight excluding hydrogens is 322 g/mol. The van der Waals surface area contributed by atoms with E-state index in [0.29, 0.717) is 12.1 Å². The van der Waals surface area contributed by atoms with E-state index in [9.17, 15) is 17.2 Å². The Morgan fingerprint density at radius 2 is 1.57 bits per heavy atom. The Labute approximate surface area is 134 Å². The highest BCUT2D eigenvalue weighted by molar-refractivity contribution is 7.89. The first-order valence-corrected chi connectivity index (χ1v) is 8.64. The monoisotopic (exact) mass is 340 g/mol. The SMILES string of the molecule is CCNCc1ccc(S(=O)(=O)NCc2ccc(F)c(F)c2)cc1. The molecule has 2 aromatic rings. The smallest absolute Gasteiger partial charge is 0.240 e. The van der Waals surface area contributed by atoms with E-state index in [1.807, 2.05) is 6.92 Å². The van der Waals surface area contributed by atoms with Crippen molar-refractivity contribution in [2.75, 3.05) is 6.54 Å². The van der Waals surface area contributed by atoms with Crippen LogP contribution < -0.4 is 10.0 Å². The van der Waals surface area contributed by atoms with Gasteiger partial charge in [-0.15, -0.1) is 0 Å². The maximum Gasteiger partial charge on any atom is 0.240 e. The molecule has 0 unspecified atom stereocenters. The molecule has 23 heavy (non-hydrogen) atoms. The maximum atomic E-state index is 13.1. The summed E-state index contributed by atoms with van der Waals surface area (Å²) in [4.78, 5) is 0.125. The molecule has 2 aromatic carbocycles. The number of sulfonamides is 1. The van der Waals surface area contributed by atoms with Gasteiger partial charge in [-0.25, -0.2) is 21.9 Å². The molecule has 0 saturated heterocycles. The molecule has 2 rings (SSSR count). The van der Waals surface area contributed by atoms with Gasteiger partial charge in [0.2, 0.25) is 10.0 Å². The largest absolute Gasteiger partial charge is 0.313 e. The maximum absolute atomic E-state index is 13.1. The Hall–Kier alpha value is -1.83. The molecule has 4 nitrogen and oxygen atoms in total. The Morgan fingerprint density at radius 3 is 2.17 bits per heavy atom. The highest BCUT2D eigenvalue weighted by Crippen LogP contribution is 2.13. The van der Waals surface area contributed by atoms with Crippen molar-refractivity contribution in [2.24, 2.45) is 0 Å². The highest BCUT2D eigenvalue weighted by Gasteiger charge is 2.14. The van der Waals surface area contributed by atoms with Crippen LogP contribution in [0, 0.1) is 11.6 Å². The fraction of sp³-hybridized carbons (Fsp3) is 0.250. The van der Waals surface area contributed by atoms with Crippen LogP contribution in [-0.2, 0) is 23.1 Å². The van der Waals surface area contributed by atoms with Crippen molar-refractivity contribution in [1.82, 2.24) is 10.0 Å². The van der Waals surface area contributed by atoms with Crippen LogP contribution in [0.1, 0.15) is 18.1 Å². The Balaban J connectivity index is 2.04. The zero-order chi connectivity index (χ0) is 16.9. The summed E-state index contributed by atoms with van der Waals surface area (Å²) in [6.45, 7) is 3.37. The summed E-state index contributed by atoms with van der Waals surface area (Å²) in [6, 6.07) is 9.76. The molecule has 0 aromatic heterocycles. The van der Waals surface area contributed by atoms with Gasteiger partial charge in [0, 0.05) is 13.1 Å². The number of halogens is 2. The molecule has 2 N–H and O–H groups in total. The summed E-state index contributed by atoms with van der Waals surface area (Å²) in [6.07, 6.45) is 0. The number of benzene rings is 2. The van der Waals surface area contributed by atoms with Crippen molar-refractivity contribution in [3.63, 3.8) is 0 Å². The van der Waals surface area contributed by atoms with Gasteiger partial charge in [0.05, 0.1) is 4.90 Å². The zero-order valence-corrected chi connectivity index (χ0v) is 13.5. The Kier molecular flexibility index (Phi) is 5.81. The molecule has 124 valence electrons. The molecule has 0 spiro atoms. The van der Waals surface area contributed by atoms with Crippen LogP contribution in [0.2, 0.25) is 0 Å². The summed E-state index contributed by atoms with van der Waals surface area (Å²) in [7, 11) is -3.71. The van der Waals surface area contributed by atoms with Crippen molar-refractivity contribution in [3.8, 4) is 0 Å². The predicted molar refractivity (Wildman–Crippen MR) is 84.2 cm³/mol. The van der Waals surface area contributed by atoms with Crippen molar-refractivity contribution in [2.45, 2.75) is 24.9 Å². The average molecular weight is 340 g/mol. The first-order chi connectivity index (χ1) is 10.9. The fourth-order valence-electron chi connectivity index (χ4n) is 1.97. The topological polar surface area (TPSA) is 58.2 Å². The number of rotatable bonds is 7. The van der Waals surface area contributed by atoms with E-state index in [1.54, 1.807) is 12.1 Å². The highest BCUT2D eigenvalue weighted by atomic mass is 32.2.